The molecule has 0 saturated heterocycles. The molecule has 0 spiro atoms. The van der Waals surface area contributed by atoms with Gasteiger partial charge in [-0.3, -0.25) is 9.59 Å². The first-order valence-electron chi connectivity index (χ1n) is 12.4. The Morgan fingerprint density at radius 3 is 2.55 bits per heavy atom. The van der Waals surface area contributed by atoms with E-state index < -0.39 is 11.5 Å². The van der Waals surface area contributed by atoms with Gasteiger partial charge >= 0.3 is 0 Å². The topological polar surface area (TPSA) is 81.1 Å². The van der Waals surface area contributed by atoms with Gasteiger partial charge in [-0.1, -0.05) is 77.5 Å². The number of halogens is 2. The van der Waals surface area contributed by atoms with Crippen LogP contribution in [0.25, 0.3) is 0 Å². The summed E-state index contributed by atoms with van der Waals surface area (Å²) in [6.45, 7) is 2.63. The first-order chi connectivity index (χ1) is 18.2. The number of hydrogen-bond acceptors (Lipinski definition) is 4. The second-order valence-corrected chi connectivity index (χ2v) is 11.6. The second-order valence-electron chi connectivity index (χ2n) is 9.39. The molecule has 38 heavy (non-hydrogen) atoms. The lowest BCUT2D eigenvalue weighted by atomic mass is 9.83. The van der Waals surface area contributed by atoms with E-state index in [0.29, 0.717) is 24.3 Å². The molecule has 2 N–H and O–H groups in total. The molecule has 2 amide bonds. The van der Waals surface area contributed by atoms with Gasteiger partial charge in [0, 0.05) is 39.0 Å². The molecular weight excluding hydrogens is 659 g/mol. The summed E-state index contributed by atoms with van der Waals surface area (Å²) >= 11 is 5.72. The van der Waals surface area contributed by atoms with Gasteiger partial charge in [0.1, 0.15) is 0 Å². The molecule has 198 valence electrons. The molecule has 0 unspecified atom stereocenters. The number of fused-ring (bicyclic) bond motifs is 1. The lowest BCUT2D eigenvalue weighted by Gasteiger charge is -2.28. The van der Waals surface area contributed by atoms with Crippen molar-refractivity contribution in [2.75, 3.05) is 18.1 Å². The Morgan fingerprint density at radius 2 is 1.84 bits per heavy atom. The first kappa shape index (κ1) is 28.5. The summed E-state index contributed by atoms with van der Waals surface area (Å²) in [5, 5.41) is 21.3. The average molecular weight is 689 g/mol. The van der Waals surface area contributed by atoms with Crippen molar-refractivity contribution in [3.05, 3.63) is 110 Å². The van der Waals surface area contributed by atoms with Gasteiger partial charge in [0.15, 0.2) is 5.60 Å². The molecule has 4 rings (SSSR count). The van der Waals surface area contributed by atoms with E-state index in [9.17, 15) is 19.8 Å². The summed E-state index contributed by atoms with van der Waals surface area (Å²) in [5.74, 6) is -1.12. The second kappa shape index (κ2) is 12.5. The van der Waals surface area contributed by atoms with Gasteiger partial charge in [-0.2, -0.15) is 0 Å². The van der Waals surface area contributed by atoms with Crippen LogP contribution in [0.1, 0.15) is 30.0 Å². The van der Waals surface area contributed by atoms with E-state index in [1.807, 2.05) is 66.7 Å². The predicted molar refractivity (Wildman–Crippen MR) is 160 cm³/mol. The van der Waals surface area contributed by atoms with Crippen LogP contribution >= 0.6 is 38.5 Å². The third-order valence-corrected chi connectivity index (χ3v) is 7.94. The standard InChI is InChI=1S/C30H30BrIN2O4/c1-21(7-5-12-28(36)33(15-16-35)19-22-8-3-2-4-9-22)30(38)26-18-24(31)13-14-27(26)34(29(30)37)20-23-10-6-11-25(32)17-23/h2-11,13-14,17-18,21,35,38H,12,15-16,19-20H2,1H3/b7-5+/t21-,30+/m0/s1. The number of carbonyl (C=O) groups excluding carboxylic acids is 2. The molecule has 0 aliphatic carbocycles. The van der Waals surface area contributed by atoms with E-state index in [4.69, 9.17) is 0 Å². The highest BCUT2D eigenvalue weighted by Gasteiger charge is 2.52. The molecule has 3 aromatic rings. The number of anilines is 1. The molecule has 1 aliphatic heterocycles. The molecule has 0 fully saturated rings. The fourth-order valence-electron chi connectivity index (χ4n) is 4.75. The van der Waals surface area contributed by atoms with Crippen LogP contribution in [0, 0.1) is 9.49 Å². The molecule has 1 heterocycles. The van der Waals surface area contributed by atoms with Crippen LogP contribution < -0.4 is 4.90 Å². The van der Waals surface area contributed by atoms with Gasteiger partial charge in [-0.15, -0.1) is 0 Å². The van der Waals surface area contributed by atoms with E-state index in [1.165, 1.54) is 0 Å². The molecule has 8 heteroatoms. The van der Waals surface area contributed by atoms with Crippen LogP contribution in [0.2, 0.25) is 0 Å². The minimum absolute atomic E-state index is 0.0962. The van der Waals surface area contributed by atoms with Crippen molar-refractivity contribution >= 4 is 56.0 Å². The molecule has 3 aromatic carbocycles. The maximum absolute atomic E-state index is 13.7. The minimum Gasteiger partial charge on any atom is -0.395 e. The molecule has 6 nitrogen and oxygen atoms in total. The maximum Gasteiger partial charge on any atom is 0.264 e. The Bertz CT molecular complexity index is 1330. The summed E-state index contributed by atoms with van der Waals surface area (Å²) in [5.41, 5.74) is 1.40. The van der Waals surface area contributed by atoms with E-state index in [2.05, 4.69) is 38.5 Å². The van der Waals surface area contributed by atoms with E-state index >= 15 is 0 Å². The zero-order valence-corrected chi connectivity index (χ0v) is 24.8. The summed E-state index contributed by atoms with van der Waals surface area (Å²) in [4.78, 5) is 29.9. The monoisotopic (exact) mass is 688 g/mol. The molecule has 0 aromatic heterocycles. The lowest BCUT2D eigenvalue weighted by Crippen LogP contribution is -2.44. The van der Waals surface area contributed by atoms with Crippen LogP contribution in [0.4, 0.5) is 5.69 Å². The van der Waals surface area contributed by atoms with Crippen LogP contribution in [-0.2, 0) is 28.3 Å². The fourth-order valence-corrected chi connectivity index (χ4v) is 5.72. The molecule has 0 bridgehead atoms. The number of benzene rings is 3. The Morgan fingerprint density at radius 1 is 1.11 bits per heavy atom. The normalized spacial score (nSPS) is 17.6. The van der Waals surface area contributed by atoms with Gasteiger partial charge in [-0.05, 0) is 64.0 Å². The highest BCUT2D eigenvalue weighted by Crippen LogP contribution is 2.46. The highest BCUT2D eigenvalue weighted by atomic mass is 127. The Kier molecular flexibility index (Phi) is 9.40. The Labute approximate surface area is 245 Å². The van der Waals surface area contributed by atoms with Crippen LogP contribution in [0.3, 0.4) is 0 Å². The third kappa shape index (κ3) is 6.20. The number of aliphatic hydroxyl groups is 2. The first-order valence-corrected chi connectivity index (χ1v) is 14.3. The highest BCUT2D eigenvalue weighted by molar-refractivity contribution is 14.1. The molecule has 0 radical (unpaired) electrons. The summed E-state index contributed by atoms with van der Waals surface area (Å²) in [6, 6.07) is 23.1. The lowest BCUT2D eigenvalue weighted by molar-refractivity contribution is -0.139. The van der Waals surface area contributed by atoms with Gasteiger partial charge in [0.25, 0.3) is 5.91 Å². The molecule has 1 aliphatic rings. The minimum atomic E-state index is -1.77. The van der Waals surface area contributed by atoms with E-state index in [-0.39, 0.29) is 31.4 Å². The summed E-state index contributed by atoms with van der Waals surface area (Å²) in [6.07, 6.45) is 3.53. The third-order valence-electron chi connectivity index (χ3n) is 6.78. The van der Waals surface area contributed by atoms with Crippen LogP contribution in [0.15, 0.2) is 89.4 Å². The van der Waals surface area contributed by atoms with E-state index in [1.54, 1.807) is 34.9 Å². The van der Waals surface area contributed by atoms with Crippen molar-refractivity contribution in [1.29, 1.82) is 0 Å². The summed E-state index contributed by atoms with van der Waals surface area (Å²) in [7, 11) is 0. The zero-order valence-electron chi connectivity index (χ0n) is 21.1. The van der Waals surface area contributed by atoms with Gasteiger partial charge in [0.2, 0.25) is 5.91 Å². The summed E-state index contributed by atoms with van der Waals surface area (Å²) < 4.78 is 1.84. The maximum atomic E-state index is 13.7. The Hall–Kier alpha value is -2.53. The quantitative estimate of drug-likeness (QED) is 0.221. The zero-order chi connectivity index (χ0) is 27.3. The average Bonchev–Trinajstić information content (AvgIpc) is 3.11. The molecule has 0 saturated carbocycles. The number of hydrogen-bond donors (Lipinski definition) is 2. The van der Waals surface area contributed by atoms with Gasteiger partial charge < -0.3 is 20.0 Å². The van der Waals surface area contributed by atoms with E-state index in [0.717, 1.165) is 19.2 Å². The molecular formula is C30H30BrIN2O4. The van der Waals surface area contributed by atoms with Gasteiger partial charge in [0.05, 0.1) is 18.8 Å². The van der Waals surface area contributed by atoms with Gasteiger partial charge in [-0.25, -0.2) is 0 Å². The van der Waals surface area contributed by atoms with Crippen molar-refractivity contribution in [2.45, 2.75) is 32.0 Å². The fraction of sp³-hybridized carbons (Fsp3) is 0.267. The smallest absolute Gasteiger partial charge is 0.264 e. The molecule has 2 atom stereocenters. The van der Waals surface area contributed by atoms with Crippen molar-refractivity contribution < 1.29 is 19.8 Å². The number of nitrogens with zero attached hydrogens (tertiary/aromatic N) is 2. The SMILES string of the molecule is C[C@@H](/C=C/CC(=O)N(CCO)Cc1ccccc1)[C@]1(O)C(=O)N(Cc2cccc(I)c2)c2ccc(Br)cc21. The van der Waals surface area contributed by atoms with Crippen molar-refractivity contribution in [2.24, 2.45) is 5.92 Å². The van der Waals surface area contributed by atoms with Crippen LogP contribution in [0.5, 0.6) is 0 Å². The number of rotatable bonds is 10. The largest absolute Gasteiger partial charge is 0.395 e. The number of aliphatic hydroxyl groups excluding tert-OH is 1. The predicted octanol–water partition coefficient (Wildman–Crippen LogP) is 5.39. The van der Waals surface area contributed by atoms with Crippen molar-refractivity contribution in [3.63, 3.8) is 0 Å². The number of carbonyl (C=O) groups is 2. The van der Waals surface area contributed by atoms with Crippen LogP contribution in [-0.4, -0.2) is 40.1 Å². The van der Waals surface area contributed by atoms with Crippen molar-refractivity contribution in [3.8, 4) is 0 Å². The van der Waals surface area contributed by atoms with Crippen molar-refractivity contribution in [1.82, 2.24) is 4.90 Å². The number of amides is 2. The Balaban J connectivity index is 1.52.